The van der Waals surface area contributed by atoms with Gasteiger partial charge < -0.3 is 21.1 Å². The second kappa shape index (κ2) is 8.42. The van der Waals surface area contributed by atoms with Crippen LogP contribution in [-0.2, 0) is 12.8 Å². The van der Waals surface area contributed by atoms with Crippen LogP contribution < -0.4 is 21.1 Å². The summed E-state index contributed by atoms with van der Waals surface area (Å²) in [5, 5.41) is 5.87. The number of halogens is 1. The summed E-state index contributed by atoms with van der Waals surface area (Å²) in [5.74, 6) is 0.184. The Kier molecular flexibility index (Phi) is 5.54. The maximum Gasteiger partial charge on any atom is 0.323 e. The second-order valence-corrected chi connectivity index (χ2v) is 7.31. The Hall–Kier alpha value is -3.58. The van der Waals surface area contributed by atoms with Crippen LogP contribution in [0.5, 0.6) is 11.5 Å². The molecule has 0 radical (unpaired) electrons. The first-order valence-electron chi connectivity index (χ1n) is 9.41. The van der Waals surface area contributed by atoms with E-state index in [0.717, 1.165) is 24.9 Å². The Morgan fingerprint density at radius 3 is 2.57 bits per heavy atom. The maximum absolute atomic E-state index is 12.3. The zero-order valence-corrected chi connectivity index (χ0v) is 16.7. The molecule has 2 aromatic carbocycles. The lowest BCUT2D eigenvalue weighted by molar-refractivity contribution is 0.0995. The Labute approximate surface area is 178 Å². The van der Waals surface area contributed by atoms with Crippen molar-refractivity contribution in [2.24, 2.45) is 5.73 Å². The number of urea groups is 1. The molecule has 0 saturated heterocycles. The standard InChI is InChI=1S/C22H19ClN4O3/c23-18-11-16(30-17-8-9-25-20(12-17)21(24)28)6-7-19(18)27-22(29)26-15-5-4-13-2-1-3-14(13)10-15/h4-12H,1-3H2,(H2,24,28)(H2,26,27,29). The molecule has 4 N–H and O–H groups in total. The molecule has 1 aromatic heterocycles. The number of carbonyl (C=O) groups excluding carboxylic acids is 2. The van der Waals surface area contributed by atoms with Crippen molar-refractivity contribution in [3.05, 3.63) is 76.6 Å². The van der Waals surface area contributed by atoms with E-state index in [1.165, 1.54) is 23.4 Å². The first-order valence-corrected chi connectivity index (χ1v) is 9.79. The van der Waals surface area contributed by atoms with Crippen molar-refractivity contribution >= 4 is 34.9 Å². The summed E-state index contributed by atoms with van der Waals surface area (Å²) in [6, 6.07) is 13.5. The summed E-state index contributed by atoms with van der Waals surface area (Å²) in [5.41, 5.74) is 9.13. The molecular weight excluding hydrogens is 404 g/mol. The minimum Gasteiger partial charge on any atom is -0.457 e. The first kappa shape index (κ1) is 19.7. The number of rotatable bonds is 5. The van der Waals surface area contributed by atoms with Gasteiger partial charge in [-0.15, -0.1) is 0 Å². The summed E-state index contributed by atoms with van der Waals surface area (Å²) >= 11 is 6.29. The lowest BCUT2D eigenvalue weighted by Gasteiger charge is -2.12. The van der Waals surface area contributed by atoms with E-state index in [1.807, 2.05) is 12.1 Å². The molecule has 1 aliphatic rings. The normalized spacial score (nSPS) is 12.2. The zero-order valence-electron chi connectivity index (χ0n) is 15.9. The number of primary amides is 1. The number of nitrogens with two attached hydrogens (primary N) is 1. The fourth-order valence-corrected chi connectivity index (χ4v) is 3.56. The molecule has 0 atom stereocenters. The van der Waals surface area contributed by atoms with Crippen LogP contribution in [0.25, 0.3) is 0 Å². The molecule has 3 amide bonds. The molecule has 3 aromatic rings. The van der Waals surface area contributed by atoms with E-state index in [-0.39, 0.29) is 11.7 Å². The third-order valence-electron chi connectivity index (χ3n) is 4.76. The summed E-state index contributed by atoms with van der Waals surface area (Å²) in [6.07, 6.45) is 4.71. The second-order valence-electron chi connectivity index (χ2n) is 6.90. The molecule has 0 fully saturated rings. The molecule has 0 bridgehead atoms. The van der Waals surface area contributed by atoms with E-state index in [9.17, 15) is 9.59 Å². The van der Waals surface area contributed by atoms with Crippen molar-refractivity contribution in [3.63, 3.8) is 0 Å². The Balaban J connectivity index is 1.41. The number of amides is 3. The van der Waals surface area contributed by atoms with Crippen molar-refractivity contribution in [2.45, 2.75) is 19.3 Å². The molecule has 4 rings (SSSR count). The monoisotopic (exact) mass is 422 g/mol. The minimum atomic E-state index is -0.646. The lowest BCUT2D eigenvalue weighted by Crippen LogP contribution is -2.19. The number of ether oxygens (including phenoxy) is 1. The third-order valence-corrected chi connectivity index (χ3v) is 5.08. The molecular formula is C22H19ClN4O3. The zero-order chi connectivity index (χ0) is 21.1. The molecule has 0 aliphatic heterocycles. The highest BCUT2D eigenvalue weighted by Gasteiger charge is 2.13. The van der Waals surface area contributed by atoms with Gasteiger partial charge in [-0.3, -0.25) is 9.78 Å². The number of hydrogen-bond acceptors (Lipinski definition) is 4. The number of benzene rings is 2. The van der Waals surface area contributed by atoms with Gasteiger partial charge in [-0.05, 0) is 60.7 Å². The molecule has 30 heavy (non-hydrogen) atoms. The average molecular weight is 423 g/mol. The summed E-state index contributed by atoms with van der Waals surface area (Å²) in [6.45, 7) is 0. The van der Waals surface area contributed by atoms with Gasteiger partial charge in [0, 0.05) is 24.0 Å². The van der Waals surface area contributed by atoms with Crippen LogP contribution in [-0.4, -0.2) is 16.9 Å². The number of aromatic nitrogens is 1. The predicted octanol–water partition coefficient (Wildman–Crippen LogP) is 4.76. The van der Waals surface area contributed by atoms with E-state index < -0.39 is 5.91 Å². The molecule has 0 spiro atoms. The molecule has 152 valence electrons. The highest BCUT2D eigenvalue weighted by Crippen LogP contribution is 2.30. The van der Waals surface area contributed by atoms with E-state index in [4.69, 9.17) is 22.1 Å². The number of nitrogens with zero attached hydrogens (tertiary/aromatic N) is 1. The van der Waals surface area contributed by atoms with Crippen LogP contribution in [0.1, 0.15) is 28.0 Å². The number of fused-ring (bicyclic) bond motifs is 1. The minimum absolute atomic E-state index is 0.0973. The van der Waals surface area contributed by atoms with Gasteiger partial charge in [0.2, 0.25) is 0 Å². The number of aryl methyl sites for hydroxylation is 2. The van der Waals surface area contributed by atoms with Gasteiger partial charge in [0.1, 0.15) is 17.2 Å². The largest absolute Gasteiger partial charge is 0.457 e. The van der Waals surface area contributed by atoms with Gasteiger partial charge in [-0.2, -0.15) is 0 Å². The van der Waals surface area contributed by atoms with Crippen LogP contribution in [0.15, 0.2) is 54.7 Å². The van der Waals surface area contributed by atoms with Crippen LogP contribution in [0.3, 0.4) is 0 Å². The summed E-state index contributed by atoms with van der Waals surface area (Å²) in [4.78, 5) is 27.4. The Morgan fingerprint density at radius 1 is 0.967 bits per heavy atom. The SMILES string of the molecule is NC(=O)c1cc(Oc2ccc(NC(=O)Nc3ccc4c(c3)CCC4)c(Cl)c2)ccn1. The highest BCUT2D eigenvalue weighted by atomic mass is 35.5. The third kappa shape index (κ3) is 4.52. The number of anilines is 2. The van der Waals surface area contributed by atoms with Crippen molar-refractivity contribution < 1.29 is 14.3 Å². The topological polar surface area (TPSA) is 106 Å². The summed E-state index contributed by atoms with van der Waals surface area (Å²) in [7, 11) is 0. The van der Waals surface area contributed by atoms with Crippen LogP contribution in [0.2, 0.25) is 5.02 Å². The van der Waals surface area contributed by atoms with Gasteiger partial charge in [-0.1, -0.05) is 17.7 Å². The highest BCUT2D eigenvalue weighted by molar-refractivity contribution is 6.34. The number of hydrogen-bond donors (Lipinski definition) is 3. The van der Waals surface area contributed by atoms with E-state index in [0.29, 0.717) is 22.2 Å². The quantitative estimate of drug-likeness (QED) is 0.551. The lowest BCUT2D eigenvalue weighted by atomic mass is 10.1. The van der Waals surface area contributed by atoms with Gasteiger partial charge in [0.25, 0.3) is 5.91 Å². The summed E-state index contributed by atoms with van der Waals surface area (Å²) < 4.78 is 5.69. The van der Waals surface area contributed by atoms with Crippen LogP contribution in [0, 0.1) is 0 Å². The average Bonchev–Trinajstić information content (AvgIpc) is 3.18. The number of nitrogens with one attached hydrogen (secondary N) is 2. The van der Waals surface area contributed by atoms with Crippen molar-refractivity contribution in [1.82, 2.24) is 4.98 Å². The van der Waals surface area contributed by atoms with Gasteiger partial charge in [0.05, 0.1) is 10.7 Å². The van der Waals surface area contributed by atoms with Crippen molar-refractivity contribution in [3.8, 4) is 11.5 Å². The molecule has 0 unspecified atom stereocenters. The van der Waals surface area contributed by atoms with E-state index >= 15 is 0 Å². The van der Waals surface area contributed by atoms with Crippen molar-refractivity contribution in [2.75, 3.05) is 10.6 Å². The maximum atomic E-state index is 12.3. The van der Waals surface area contributed by atoms with E-state index in [1.54, 1.807) is 24.3 Å². The van der Waals surface area contributed by atoms with Gasteiger partial charge >= 0.3 is 6.03 Å². The van der Waals surface area contributed by atoms with Crippen LogP contribution >= 0.6 is 11.6 Å². The molecule has 8 heteroatoms. The fraction of sp³-hybridized carbons (Fsp3) is 0.136. The fourth-order valence-electron chi connectivity index (χ4n) is 3.34. The Bertz CT molecular complexity index is 1130. The molecule has 0 saturated carbocycles. The number of pyridine rings is 1. The smallest absolute Gasteiger partial charge is 0.323 e. The van der Waals surface area contributed by atoms with E-state index in [2.05, 4.69) is 21.7 Å². The first-order chi connectivity index (χ1) is 14.5. The number of carbonyl (C=O) groups is 2. The van der Waals surface area contributed by atoms with Crippen LogP contribution in [0.4, 0.5) is 16.2 Å². The predicted molar refractivity (Wildman–Crippen MR) is 115 cm³/mol. The van der Waals surface area contributed by atoms with Gasteiger partial charge in [0.15, 0.2) is 0 Å². The van der Waals surface area contributed by atoms with Gasteiger partial charge in [-0.25, -0.2) is 4.79 Å². The van der Waals surface area contributed by atoms with Crippen molar-refractivity contribution in [1.29, 1.82) is 0 Å². The molecule has 1 aliphatic carbocycles. The molecule has 7 nitrogen and oxygen atoms in total. The Morgan fingerprint density at radius 2 is 1.77 bits per heavy atom. The molecule has 1 heterocycles.